The van der Waals surface area contributed by atoms with Crippen LogP contribution in [0.5, 0.6) is 0 Å². The van der Waals surface area contributed by atoms with E-state index < -0.39 is 17.5 Å². The van der Waals surface area contributed by atoms with E-state index in [1.54, 1.807) is 19.1 Å². The van der Waals surface area contributed by atoms with Crippen molar-refractivity contribution in [3.05, 3.63) is 46.2 Å². The molecule has 0 unspecified atom stereocenters. The number of carboxylic acid groups (broad SMARTS) is 2. The van der Waals surface area contributed by atoms with Gasteiger partial charge in [0.2, 0.25) is 0 Å². The number of aromatic nitrogens is 1. The van der Waals surface area contributed by atoms with Crippen molar-refractivity contribution in [1.29, 1.82) is 0 Å². The van der Waals surface area contributed by atoms with E-state index in [4.69, 9.17) is 9.90 Å². The third kappa shape index (κ3) is 5.28. The molecule has 1 aliphatic heterocycles. The number of aryl methyl sites for hydroxylation is 1. The van der Waals surface area contributed by atoms with E-state index in [2.05, 4.69) is 4.98 Å². The highest BCUT2D eigenvalue weighted by Gasteiger charge is 2.43. The number of rotatable bonds is 5. The smallest absolute Gasteiger partial charge is 0.355 e. The van der Waals surface area contributed by atoms with Crippen LogP contribution in [0.4, 0.5) is 9.52 Å². The lowest BCUT2D eigenvalue weighted by Crippen LogP contribution is -2.55. The predicted molar refractivity (Wildman–Crippen MR) is 105 cm³/mol. The summed E-state index contributed by atoms with van der Waals surface area (Å²) in [7, 11) is 0. The molecule has 2 atom stereocenters. The lowest BCUT2D eigenvalue weighted by atomic mass is 9.73. The first kappa shape index (κ1) is 22.7. The first-order valence-corrected chi connectivity index (χ1v) is 9.65. The van der Waals surface area contributed by atoms with Gasteiger partial charge in [0, 0.05) is 23.4 Å². The summed E-state index contributed by atoms with van der Waals surface area (Å²) < 4.78 is 13.1. The fourth-order valence-electron chi connectivity index (χ4n) is 3.42. The van der Waals surface area contributed by atoms with Gasteiger partial charge in [-0.3, -0.25) is 4.79 Å². The van der Waals surface area contributed by atoms with E-state index in [1.165, 1.54) is 23.5 Å². The Morgan fingerprint density at radius 1 is 1.41 bits per heavy atom. The number of nitrogens with zero attached hydrogens (tertiary/aromatic N) is 2. The Morgan fingerprint density at radius 2 is 2.03 bits per heavy atom. The lowest BCUT2D eigenvalue weighted by Gasteiger charge is -2.45. The Labute approximate surface area is 170 Å². The molecular weight excluding hydrogens is 403 g/mol. The van der Waals surface area contributed by atoms with Crippen molar-refractivity contribution < 1.29 is 34.4 Å². The molecule has 158 valence electrons. The van der Waals surface area contributed by atoms with Crippen molar-refractivity contribution in [1.82, 2.24) is 4.98 Å². The maximum atomic E-state index is 13.1. The summed E-state index contributed by atoms with van der Waals surface area (Å²) in [6.07, 6.45) is 0.106. The summed E-state index contributed by atoms with van der Waals surface area (Å²) in [5, 5.41) is 37.3. The molecule has 0 radical (unpaired) electrons. The molecule has 0 saturated carbocycles. The fourth-order valence-corrected chi connectivity index (χ4v) is 4.35. The van der Waals surface area contributed by atoms with Gasteiger partial charge < -0.3 is 25.3 Å². The van der Waals surface area contributed by atoms with Crippen LogP contribution in [-0.2, 0) is 11.2 Å². The summed E-state index contributed by atoms with van der Waals surface area (Å²) in [4.78, 5) is 26.3. The van der Waals surface area contributed by atoms with E-state index in [0.717, 1.165) is 5.56 Å². The van der Waals surface area contributed by atoms with Gasteiger partial charge in [0.1, 0.15) is 5.82 Å². The number of hydrogen-bond donors (Lipinski definition) is 4. The normalized spacial score (nSPS) is 21.2. The van der Waals surface area contributed by atoms with Gasteiger partial charge in [-0.1, -0.05) is 12.1 Å². The number of hydrogen-bond acceptors (Lipinski definition) is 7. The molecule has 10 heteroatoms. The molecule has 29 heavy (non-hydrogen) atoms. The van der Waals surface area contributed by atoms with Crippen LogP contribution in [0.15, 0.2) is 24.3 Å². The van der Waals surface area contributed by atoms with Gasteiger partial charge in [0.15, 0.2) is 10.8 Å². The monoisotopic (exact) mass is 426 g/mol. The van der Waals surface area contributed by atoms with Gasteiger partial charge in [-0.05, 0) is 37.5 Å². The van der Waals surface area contributed by atoms with Gasteiger partial charge in [-0.25, -0.2) is 14.2 Å². The number of piperidine rings is 1. The number of anilines is 1. The van der Waals surface area contributed by atoms with Crippen LogP contribution >= 0.6 is 11.3 Å². The highest BCUT2D eigenvalue weighted by atomic mass is 32.1. The van der Waals surface area contributed by atoms with Crippen LogP contribution < -0.4 is 4.90 Å². The van der Waals surface area contributed by atoms with Gasteiger partial charge in [0.05, 0.1) is 12.7 Å². The van der Waals surface area contributed by atoms with Crippen molar-refractivity contribution >= 4 is 28.9 Å². The topological polar surface area (TPSA) is 131 Å². The lowest BCUT2D eigenvalue weighted by molar-refractivity contribution is -0.122. The summed E-state index contributed by atoms with van der Waals surface area (Å²) in [5.41, 5.74) is 0.0334. The van der Waals surface area contributed by atoms with Gasteiger partial charge in [0.25, 0.3) is 6.47 Å². The maximum Gasteiger partial charge on any atom is 0.355 e. The van der Waals surface area contributed by atoms with Gasteiger partial charge in [-0.15, -0.1) is 11.3 Å². The molecule has 0 amide bonds. The zero-order chi connectivity index (χ0) is 21.6. The average molecular weight is 426 g/mol. The van der Waals surface area contributed by atoms with Crippen molar-refractivity contribution in [2.45, 2.75) is 25.9 Å². The number of benzene rings is 1. The minimum atomic E-state index is -1.07. The molecule has 3 rings (SSSR count). The Hall–Kier alpha value is -2.56. The Kier molecular flexibility index (Phi) is 7.66. The number of aliphatic hydroxyl groups is 2. The van der Waals surface area contributed by atoms with Crippen LogP contribution in [0, 0.1) is 18.2 Å². The third-order valence-electron chi connectivity index (χ3n) is 4.93. The average Bonchev–Trinajstić information content (AvgIpc) is 3.08. The fraction of sp³-hybridized carbons (Fsp3) is 0.421. The SMILES string of the molecule is Cc1sc(N2CC[C@H](O)[C@@](CO)(Cc3ccc(F)cc3)C2)nc1C(=O)O.O=CO. The number of halogens is 1. The molecule has 0 aliphatic carbocycles. The van der Waals surface area contributed by atoms with Gasteiger partial charge >= 0.3 is 5.97 Å². The minimum Gasteiger partial charge on any atom is -0.483 e. The molecule has 8 nitrogen and oxygen atoms in total. The van der Waals surface area contributed by atoms with Gasteiger partial charge in [-0.2, -0.15) is 0 Å². The molecule has 1 aromatic heterocycles. The Balaban J connectivity index is 0.000000941. The number of aromatic carboxylic acids is 1. The van der Waals surface area contributed by atoms with E-state index in [-0.39, 0.29) is 24.6 Å². The van der Waals surface area contributed by atoms with E-state index in [1.807, 2.05) is 4.90 Å². The number of aliphatic hydroxyl groups excluding tert-OH is 2. The van der Waals surface area contributed by atoms with Crippen LogP contribution in [0.3, 0.4) is 0 Å². The molecule has 0 spiro atoms. The molecule has 1 saturated heterocycles. The summed E-state index contributed by atoms with van der Waals surface area (Å²) in [5.74, 6) is -1.40. The summed E-state index contributed by atoms with van der Waals surface area (Å²) >= 11 is 1.29. The second-order valence-corrected chi connectivity index (χ2v) is 8.04. The molecule has 1 aromatic carbocycles. The minimum absolute atomic E-state index is 0.0317. The van der Waals surface area contributed by atoms with Crippen LogP contribution in [0.2, 0.25) is 0 Å². The van der Waals surface area contributed by atoms with E-state index in [9.17, 15) is 24.5 Å². The summed E-state index contributed by atoms with van der Waals surface area (Å²) in [6, 6.07) is 6.01. The highest BCUT2D eigenvalue weighted by Crippen LogP contribution is 2.37. The third-order valence-corrected chi connectivity index (χ3v) is 5.96. The molecule has 0 bridgehead atoms. The van der Waals surface area contributed by atoms with Crippen molar-refractivity contribution in [3.63, 3.8) is 0 Å². The highest BCUT2D eigenvalue weighted by molar-refractivity contribution is 7.15. The summed E-state index contributed by atoms with van der Waals surface area (Å²) in [6.45, 7) is 2.09. The predicted octanol–water partition coefficient (Wildman–Crippen LogP) is 1.78. The second kappa shape index (κ2) is 9.77. The standard InChI is InChI=1S/C18H21FN2O4S.CH2O2/c1-11-15(16(24)25)20-17(26-11)21-7-6-14(23)18(9-21,10-22)8-12-2-4-13(19)5-3-12;2-1-3/h2-5,14,22-23H,6-10H2,1H3,(H,24,25);1H,(H,2,3)/t14-,18-;/m0./s1. The number of carboxylic acids is 1. The zero-order valence-corrected chi connectivity index (χ0v) is 16.6. The van der Waals surface area contributed by atoms with E-state index in [0.29, 0.717) is 35.9 Å². The van der Waals surface area contributed by atoms with Crippen molar-refractivity contribution in [3.8, 4) is 0 Å². The molecule has 1 aliphatic rings. The van der Waals surface area contributed by atoms with Crippen LogP contribution in [-0.4, -0.2) is 63.7 Å². The molecule has 1 fully saturated rings. The number of carbonyl (C=O) groups is 2. The van der Waals surface area contributed by atoms with Crippen LogP contribution in [0.1, 0.15) is 27.3 Å². The number of thiazole rings is 1. The van der Waals surface area contributed by atoms with Crippen molar-refractivity contribution in [2.24, 2.45) is 5.41 Å². The molecule has 2 aromatic rings. The largest absolute Gasteiger partial charge is 0.483 e. The molecular formula is C19H23FN2O6S. The molecule has 2 heterocycles. The van der Waals surface area contributed by atoms with E-state index >= 15 is 0 Å². The zero-order valence-electron chi connectivity index (χ0n) is 15.8. The van der Waals surface area contributed by atoms with Crippen molar-refractivity contribution in [2.75, 3.05) is 24.6 Å². The Morgan fingerprint density at radius 3 is 2.55 bits per heavy atom. The quantitative estimate of drug-likeness (QED) is 0.532. The first-order chi connectivity index (χ1) is 13.8. The Bertz CT molecular complexity index is 844. The van der Waals surface area contributed by atoms with Crippen LogP contribution in [0.25, 0.3) is 0 Å². The second-order valence-electron chi connectivity index (χ2n) is 6.86. The maximum absolute atomic E-state index is 13.1. The first-order valence-electron chi connectivity index (χ1n) is 8.83. The molecule has 4 N–H and O–H groups in total.